The lowest BCUT2D eigenvalue weighted by Crippen LogP contribution is -2.48. The molecule has 1 aromatic carbocycles. The van der Waals surface area contributed by atoms with E-state index in [-0.39, 0.29) is 24.7 Å². The summed E-state index contributed by atoms with van der Waals surface area (Å²) in [5, 5.41) is 0. The highest BCUT2D eigenvalue weighted by Crippen LogP contribution is 2.34. The Morgan fingerprint density at radius 3 is 3.09 bits per heavy atom. The molecule has 4 rings (SSSR count). The summed E-state index contributed by atoms with van der Waals surface area (Å²) in [6, 6.07) is 6.15. The summed E-state index contributed by atoms with van der Waals surface area (Å²) in [5.74, 6) is 2.43. The summed E-state index contributed by atoms with van der Waals surface area (Å²) in [5.41, 5.74) is 7.59. The molecule has 124 valence electrons. The largest absolute Gasteiger partial charge is 0.454 e. The average molecular weight is 317 g/mol. The highest BCUT2D eigenvalue weighted by molar-refractivity contribution is 5.79. The van der Waals surface area contributed by atoms with Crippen molar-refractivity contribution >= 4 is 5.91 Å². The first-order valence-electron chi connectivity index (χ1n) is 8.34. The Morgan fingerprint density at radius 2 is 2.17 bits per heavy atom. The number of nitrogens with zero attached hydrogens (tertiary/aromatic N) is 1. The summed E-state index contributed by atoms with van der Waals surface area (Å²) in [7, 11) is 1.89. The fourth-order valence-electron chi connectivity index (χ4n) is 3.99. The van der Waals surface area contributed by atoms with Gasteiger partial charge in [-0.05, 0) is 36.5 Å². The predicted molar refractivity (Wildman–Crippen MR) is 84.8 cm³/mol. The van der Waals surface area contributed by atoms with Crippen molar-refractivity contribution in [1.82, 2.24) is 15.8 Å². The molecule has 1 saturated heterocycles. The van der Waals surface area contributed by atoms with Gasteiger partial charge in [0.05, 0.1) is 5.92 Å². The maximum Gasteiger partial charge on any atom is 0.231 e. The van der Waals surface area contributed by atoms with Gasteiger partial charge in [0, 0.05) is 26.2 Å². The monoisotopic (exact) mass is 317 g/mol. The Morgan fingerprint density at radius 1 is 1.30 bits per heavy atom. The first-order chi connectivity index (χ1) is 11.2. The number of carbonyl (C=O) groups is 1. The predicted octanol–water partition coefficient (Wildman–Crippen LogP) is 1.27. The van der Waals surface area contributed by atoms with Crippen molar-refractivity contribution in [3.05, 3.63) is 23.8 Å². The maximum absolute atomic E-state index is 12.9. The molecule has 1 aromatic rings. The molecule has 2 heterocycles. The molecular formula is C17H23N3O3. The third kappa shape index (κ3) is 2.77. The van der Waals surface area contributed by atoms with Gasteiger partial charge < -0.3 is 14.4 Å². The minimum Gasteiger partial charge on any atom is -0.454 e. The van der Waals surface area contributed by atoms with Gasteiger partial charge in [-0.2, -0.15) is 0 Å². The standard InChI is InChI=1S/C17H23N3O3/c1-20(9-11-5-6-14-15(7-11)23-10-22-14)17(21)13-4-2-3-12-8-18-19-16(12)13/h5-7,12-13,16,18-19H,2-4,8-10H2,1H3. The molecule has 3 unspecified atom stereocenters. The van der Waals surface area contributed by atoms with Crippen LogP contribution in [-0.4, -0.2) is 37.2 Å². The summed E-state index contributed by atoms with van der Waals surface area (Å²) >= 11 is 0. The Balaban J connectivity index is 1.44. The van der Waals surface area contributed by atoms with E-state index in [2.05, 4.69) is 10.9 Å². The van der Waals surface area contributed by atoms with Crippen LogP contribution < -0.4 is 20.3 Å². The molecule has 6 nitrogen and oxygen atoms in total. The fraction of sp³-hybridized carbons (Fsp3) is 0.588. The van der Waals surface area contributed by atoms with Crippen molar-refractivity contribution in [2.24, 2.45) is 11.8 Å². The molecule has 1 saturated carbocycles. The number of hydrazine groups is 1. The van der Waals surface area contributed by atoms with Crippen LogP contribution >= 0.6 is 0 Å². The first-order valence-corrected chi connectivity index (χ1v) is 8.34. The Labute approximate surface area is 136 Å². The van der Waals surface area contributed by atoms with Crippen LogP contribution in [-0.2, 0) is 11.3 Å². The van der Waals surface area contributed by atoms with E-state index >= 15 is 0 Å². The van der Waals surface area contributed by atoms with Gasteiger partial charge in [-0.3, -0.25) is 15.6 Å². The molecule has 2 fully saturated rings. The van der Waals surface area contributed by atoms with Crippen molar-refractivity contribution in [3.63, 3.8) is 0 Å². The molecular weight excluding hydrogens is 294 g/mol. The van der Waals surface area contributed by atoms with Gasteiger partial charge in [0.2, 0.25) is 12.7 Å². The summed E-state index contributed by atoms with van der Waals surface area (Å²) < 4.78 is 10.7. The van der Waals surface area contributed by atoms with Crippen LogP contribution in [0.2, 0.25) is 0 Å². The van der Waals surface area contributed by atoms with E-state index in [4.69, 9.17) is 9.47 Å². The van der Waals surface area contributed by atoms with Crippen molar-refractivity contribution < 1.29 is 14.3 Å². The molecule has 0 radical (unpaired) electrons. The number of hydrogen-bond donors (Lipinski definition) is 2. The van der Waals surface area contributed by atoms with Crippen LogP contribution in [0.1, 0.15) is 24.8 Å². The van der Waals surface area contributed by atoms with Crippen LogP contribution in [0.3, 0.4) is 0 Å². The summed E-state index contributed by atoms with van der Waals surface area (Å²) in [4.78, 5) is 14.7. The molecule has 0 aromatic heterocycles. The van der Waals surface area contributed by atoms with Gasteiger partial charge in [0.1, 0.15) is 0 Å². The number of hydrogen-bond acceptors (Lipinski definition) is 5. The minimum atomic E-state index is 0.0720. The fourth-order valence-corrected chi connectivity index (χ4v) is 3.99. The molecule has 1 amide bonds. The van der Waals surface area contributed by atoms with Crippen LogP contribution in [0, 0.1) is 11.8 Å². The van der Waals surface area contributed by atoms with Crippen LogP contribution in [0.25, 0.3) is 0 Å². The molecule has 0 bridgehead atoms. The van der Waals surface area contributed by atoms with Gasteiger partial charge in [-0.15, -0.1) is 0 Å². The minimum absolute atomic E-state index is 0.0720. The number of ether oxygens (including phenoxy) is 2. The van der Waals surface area contributed by atoms with Crippen LogP contribution in [0.5, 0.6) is 11.5 Å². The molecule has 0 spiro atoms. The molecule has 3 aliphatic rings. The van der Waals surface area contributed by atoms with Crippen molar-refractivity contribution in [2.45, 2.75) is 31.8 Å². The van der Waals surface area contributed by atoms with Crippen molar-refractivity contribution in [1.29, 1.82) is 0 Å². The molecule has 2 aliphatic heterocycles. The van der Waals surface area contributed by atoms with E-state index in [0.717, 1.165) is 36.4 Å². The summed E-state index contributed by atoms with van der Waals surface area (Å²) in [6.07, 6.45) is 3.32. The lowest BCUT2D eigenvalue weighted by Gasteiger charge is -2.34. The second-order valence-electron chi connectivity index (χ2n) is 6.73. The number of rotatable bonds is 3. The van der Waals surface area contributed by atoms with Gasteiger partial charge in [-0.1, -0.05) is 12.5 Å². The number of fused-ring (bicyclic) bond motifs is 2. The average Bonchev–Trinajstić information content (AvgIpc) is 3.21. The van der Waals surface area contributed by atoms with E-state index in [9.17, 15) is 4.79 Å². The topological polar surface area (TPSA) is 62.8 Å². The molecule has 23 heavy (non-hydrogen) atoms. The third-order valence-electron chi connectivity index (χ3n) is 5.21. The zero-order valence-corrected chi connectivity index (χ0v) is 13.4. The van der Waals surface area contributed by atoms with Gasteiger partial charge in [-0.25, -0.2) is 0 Å². The van der Waals surface area contributed by atoms with Gasteiger partial charge in [0.25, 0.3) is 0 Å². The van der Waals surface area contributed by atoms with E-state index in [1.54, 1.807) is 0 Å². The first kappa shape index (κ1) is 14.8. The number of carbonyl (C=O) groups excluding carboxylic acids is 1. The Kier molecular flexibility index (Phi) is 3.87. The zero-order chi connectivity index (χ0) is 15.8. The lowest BCUT2D eigenvalue weighted by molar-refractivity contribution is -0.137. The normalized spacial score (nSPS) is 28.5. The van der Waals surface area contributed by atoms with E-state index < -0.39 is 0 Å². The molecule has 2 N–H and O–H groups in total. The van der Waals surface area contributed by atoms with Crippen molar-refractivity contribution in [2.75, 3.05) is 20.4 Å². The Bertz CT molecular complexity index is 607. The smallest absolute Gasteiger partial charge is 0.231 e. The quantitative estimate of drug-likeness (QED) is 0.879. The van der Waals surface area contributed by atoms with E-state index in [1.165, 1.54) is 6.42 Å². The van der Waals surface area contributed by atoms with Crippen LogP contribution in [0.15, 0.2) is 18.2 Å². The van der Waals surface area contributed by atoms with Crippen molar-refractivity contribution in [3.8, 4) is 11.5 Å². The second-order valence-corrected chi connectivity index (χ2v) is 6.73. The molecule has 6 heteroatoms. The maximum atomic E-state index is 12.9. The number of benzene rings is 1. The summed E-state index contributed by atoms with van der Waals surface area (Å²) in [6.45, 7) is 1.84. The SMILES string of the molecule is CN(Cc1ccc2c(c1)OCO2)C(=O)C1CCCC2CNNC21. The third-order valence-corrected chi connectivity index (χ3v) is 5.21. The Hall–Kier alpha value is -1.79. The highest BCUT2D eigenvalue weighted by atomic mass is 16.7. The number of amides is 1. The van der Waals surface area contributed by atoms with Gasteiger partial charge >= 0.3 is 0 Å². The van der Waals surface area contributed by atoms with Gasteiger partial charge in [0.15, 0.2) is 11.5 Å². The lowest BCUT2D eigenvalue weighted by atomic mass is 9.77. The number of nitrogens with one attached hydrogen (secondary N) is 2. The molecule has 3 atom stereocenters. The second kappa shape index (κ2) is 6.02. The van der Waals surface area contributed by atoms with E-state index in [1.807, 2.05) is 30.1 Å². The van der Waals surface area contributed by atoms with Crippen LogP contribution in [0.4, 0.5) is 0 Å². The molecule has 1 aliphatic carbocycles. The zero-order valence-electron chi connectivity index (χ0n) is 13.4. The van der Waals surface area contributed by atoms with E-state index in [0.29, 0.717) is 12.5 Å². The highest BCUT2D eigenvalue weighted by Gasteiger charge is 2.41.